The van der Waals surface area contributed by atoms with Crippen LogP contribution >= 0.6 is 11.6 Å². The molecule has 0 heterocycles. The maximum absolute atomic E-state index is 12.7. The van der Waals surface area contributed by atoms with E-state index in [-0.39, 0.29) is 11.4 Å². The van der Waals surface area contributed by atoms with Gasteiger partial charge in [0, 0.05) is 17.6 Å². The van der Waals surface area contributed by atoms with E-state index >= 15 is 0 Å². The first kappa shape index (κ1) is 20.0. The zero-order chi connectivity index (χ0) is 20.1. The number of halogens is 1. The first-order chi connectivity index (χ1) is 13.4. The molecule has 1 N–H and O–H groups in total. The van der Waals surface area contributed by atoms with Crippen LogP contribution in [-0.2, 0) is 14.8 Å². The van der Waals surface area contributed by atoms with E-state index in [0.29, 0.717) is 10.6 Å². The maximum Gasteiger partial charge on any atom is 0.255 e. The predicted molar refractivity (Wildman–Crippen MR) is 111 cm³/mol. The third kappa shape index (κ3) is 4.56. The number of benzene rings is 3. The summed E-state index contributed by atoms with van der Waals surface area (Å²) in [7, 11) is -2.46. The Balaban J connectivity index is 1.67. The van der Waals surface area contributed by atoms with E-state index in [0.717, 1.165) is 15.1 Å². The second-order valence-electron chi connectivity index (χ2n) is 6.08. The van der Waals surface area contributed by atoms with Crippen LogP contribution in [0.15, 0.2) is 76.7 Å². The molecule has 144 valence electrons. The zero-order valence-electron chi connectivity index (χ0n) is 15.0. The van der Waals surface area contributed by atoms with Crippen molar-refractivity contribution >= 4 is 44.5 Å². The Morgan fingerprint density at radius 2 is 1.75 bits per heavy atom. The van der Waals surface area contributed by atoms with Crippen molar-refractivity contribution in [2.24, 2.45) is 5.10 Å². The molecule has 8 heteroatoms. The molecule has 0 saturated heterocycles. The molecule has 0 radical (unpaired) electrons. The van der Waals surface area contributed by atoms with Crippen molar-refractivity contribution in [3.63, 3.8) is 0 Å². The molecule has 3 aromatic carbocycles. The molecular weight excluding hydrogens is 398 g/mol. The van der Waals surface area contributed by atoms with Gasteiger partial charge in [0.25, 0.3) is 5.91 Å². The minimum Gasteiger partial charge on any atom is -0.272 e. The van der Waals surface area contributed by atoms with Crippen LogP contribution in [-0.4, -0.2) is 38.4 Å². The summed E-state index contributed by atoms with van der Waals surface area (Å²) in [6, 6.07) is 19.3. The quantitative estimate of drug-likeness (QED) is 0.495. The Morgan fingerprint density at radius 3 is 2.50 bits per heavy atom. The fraction of sp³-hybridized carbons (Fsp3) is 0.100. The van der Waals surface area contributed by atoms with E-state index < -0.39 is 15.9 Å². The van der Waals surface area contributed by atoms with Crippen molar-refractivity contribution in [3.05, 3.63) is 77.3 Å². The van der Waals surface area contributed by atoms with Crippen molar-refractivity contribution in [1.82, 2.24) is 9.73 Å². The Kier molecular flexibility index (Phi) is 6.08. The van der Waals surface area contributed by atoms with Crippen molar-refractivity contribution in [1.29, 1.82) is 0 Å². The Bertz CT molecular complexity index is 1150. The lowest BCUT2D eigenvalue weighted by molar-refractivity contribution is -0.121. The average molecular weight is 416 g/mol. The number of hydrogen-bond donors (Lipinski definition) is 1. The zero-order valence-corrected chi connectivity index (χ0v) is 16.6. The van der Waals surface area contributed by atoms with E-state index in [9.17, 15) is 13.2 Å². The SMILES string of the molecule is CN(CC(=O)N/N=C\c1ccccc1Cl)S(=O)(=O)c1ccc2ccccc2c1. The van der Waals surface area contributed by atoms with Crippen LogP contribution in [0.1, 0.15) is 5.56 Å². The Labute approximate surface area is 168 Å². The molecule has 0 aliphatic heterocycles. The molecule has 0 atom stereocenters. The van der Waals surface area contributed by atoms with Gasteiger partial charge in [-0.15, -0.1) is 0 Å². The second-order valence-corrected chi connectivity index (χ2v) is 8.54. The van der Waals surface area contributed by atoms with Gasteiger partial charge in [0.2, 0.25) is 10.0 Å². The summed E-state index contributed by atoms with van der Waals surface area (Å²) in [4.78, 5) is 12.2. The maximum atomic E-state index is 12.7. The van der Waals surface area contributed by atoms with Gasteiger partial charge in [0.05, 0.1) is 17.7 Å². The van der Waals surface area contributed by atoms with Gasteiger partial charge in [0.1, 0.15) is 0 Å². The van der Waals surface area contributed by atoms with Crippen LogP contribution in [0.2, 0.25) is 5.02 Å². The highest BCUT2D eigenvalue weighted by Gasteiger charge is 2.23. The molecule has 6 nitrogen and oxygen atoms in total. The standard InChI is InChI=1S/C20H18ClN3O3S/c1-24(14-20(25)23-22-13-17-8-4-5-9-19(17)21)28(26,27)18-11-10-15-6-2-3-7-16(15)12-18/h2-13H,14H2,1H3,(H,23,25)/b22-13-. The minimum absolute atomic E-state index is 0.126. The monoisotopic (exact) mass is 415 g/mol. The van der Waals surface area contributed by atoms with Gasteiger partial charge in [-0.25, -0.2) is 13.8 Å². The molecule has 28 heavy (non-hydrogen) atoms. The lowest BCUT2D eigenvalue weighted by Crippen LogP contribution is -2.36. The minimum atomic E-state index is -3.81. The molecular formula is C20H18ClN3O3S. The Morgan fingerprint density at radius 1 is 1.07 bits per heavy atom. The van der Waals surface area contributed by atoms with Crippen molar-refractivity contribution in [2.75, 3.05) is 13.6 Å². The number of carbonyl (C=O) groups is 1. The summed E-state index contributed by atoms with van der Waals surface area (Å²) in [6.07, 6.45) is 1.40. The number of carbonyl (C=O) groups excluding carboxylic acids is 1. The van der Waals surface area contributed by atoms with E-state index in [1.165, 1.54) is 19.3 Å². The summed E-state index contributed by atoms with van der Waals surface area (Å²) in [5.74, 6) is -0.560. The number of hydrazone groups is 1. The fourth-order valence-electron chi connectivity index (χ4n) is 2.58. The lowest BCUT2D eigenvalue weighted by Gasteiger charge is -2.16. The summed E-state index contributed by atoms with van der Waals surface area (Å²) in [5, 5.41) is 6.07. The summed E-state index contributed by atoms with van der Waals surface area (Å²) >= 11 is 6.00. The molecule has 0 spiro atoms. The average Bonchev–Trinajstić information content (AvgIpc) is 2.69. The van der Waals surface area contributed by atoms with E-state index in [1.807, 2.05) is 24.3 Å². The van der Waals surface area contributed by atoms with Crippen molar-refractivity contribution in [2.45, 2.75) is 4.90 Å². The molecule has 0 aliphatic carbocycles. The van der Waals surface area contributed by atoms with Gasteiger partial charge >= 0.3 is 0 Å². The highest BCUT2D eigenvalue weighted by Crippen LogP contribution is 2.21. The van der Waals surface area contributed by atoms with Crippen molar-refractivity contribution < 1.29 is 13.2 Å². The van der Waals surface area contributed by atoms with Gasteiger partial charge in [-0.2, -0.15) is 9.41 Å². The molecule has 3 rings (SSSR count). The van der Waals surface area contributed by atoms with E-state index in [2.05, 4.69) is 10.5 Å². The first-order valence-corrected chi connectivity index (χ1v) is 10.2. The number of nitrogens with one attached hydrogen (secondary N) is 1. The topological polar surface area (TPSA) is 78.8 Å². The van der Waals surface area contributed by atoms with Crippen molar-refractivity contribution in [3.8, 4) is 0 Å². The smallest absolute Gasteiger partial charge is 0.255 e. The van der Waals surface area contributed by atoms with Crippen LogP contribution in [0.4, 0.5) is 0 Å². The molecule has 0 aromatic heterocycles. The summed E-state index contributed by atoms with van der Waals surface area (Å²) in [5.41, 5.74) is 2.95. The predicted octanol–water partition coefficient (Wildman–Crippen LogP) is 3.26. The number of fused-ring (bicyclic) bond motifs is 1. The molecule has 0 saturated carbocycles. The summed E-state index contributed by atoms with van der Waals surface area (Å²) < 4.78 is 26.5. The van der Waals surface area contributed by atoms with Crippen LogP contribution in [0.25, 0.3) is 10.8 Å². The Hall–Kier alpha value is -2.74. The molecule has 0 aliphatic rings. The van der Waals surface area contributed by atoms with Crippen LogP contribution in [0, 0.1) is 0 Å². The third-order valence-electron chi connectivity index (χ3n) is 4.09. The van der Waals surface area contributed by atoms with Crippen LogP contribution in [0.3, 0.4) is 0 Å². The fourth-order valence-corrected chi connectivity index (χ4v) is 3.93. The van der Waals surface area contributed by atoms with Gasteiger partial charge < -0.3 is 0 Å². The highest BCUT2D eigenvalue weighted by atomic mass is 35.5. The van der Waals surface area contributed by atoms with Gasteiger partial charge in [-0.1, -0.05) is 60.1 Å². The molecule has 0 bridgehead atoms. The molecule has 3 aromatic rings. The second kappa shape index (κ2) is 8.52. The van der Waals surface area contributed by atoms with Gasteiger partial charge in [-0.3, -0.25) is 4.79 Å². The first-order valence-electron chi connectivity index (χ1n) is 8.39. The molecule has 0 unspecified atom stereocenters. The molecule has 0 fully saturated rings. The van der Waals surface area contributed by atoms with Crippen LogP contribution < -0.4 is 5.43 Å². The highest BCUT2D eigenvalue weighted by molar-refractivity contribution is 7.89. The van der Waals surface area contributed by atoms with Gasteiger partial charge in [-0.05, 0) is 29.0 Å². The number of rotatable bonds is 6. The number of amides is 1. The van der Waals surface area contributed by atoms with E-state index in [1.54, 1.807) is 36.4 Å². The number of sulfonamides is 1. The lowest BCUT2D eigenvalue weighted by atomic mass is 10.1. The van der Waals surface area contributed by atoms with Gasteiger partial charge in [0.15, 0.2) is 0 Å². The largest absolute Gasteiger partial charge is 0.272 e. The number of nitrogens with zero attached hydrogens (tertiary/aromatic N) is 2. The summed E-state index contributed by atoms with van der Waals surface area (Å²) in [6.45, 7) is -0.366. The third-order valence-corrected chi connectivity index (χ3v) is 6.24. The van der Waals surface area contributed by atoms with Crippen LogP contribution in [0.5, 0.6) is 0 Å². The van der Waals surface area contributed by atoms with E-state index in [4.69, 9.17) is 11.6 Å². The normalized spacial score (nSPS) is 12.0. The number of likely N-dealkylation sites (N-methyl/N-ethyl adjacent to an activating group) is 1. The molecule has 1 amide bonds. The number of hydrogen-bond acceptors (Lipinski definition) is 4.